The molecule has 3 nitrogen and oxygen atoms in total. The van der Waals surface area contributed by atoms with Crippen LogP contribution in [0.4, 0.5) is 8.78 Å². The van der Waals surface area contributed by atoms with Crippen molar-refractivity contribution in [1.29, 1.82) is 0 Å². The van der Waals surface area contributed by atoms with Gasteiger partial charge in [0.05, 0.1) is 23.6 Å². The lowest BCUT2D eigenvalue weighted by Gasteiger charge is -2.17. The summed E-state index contributed by atoms with van der Waals surface area (Å²) in [5.41, 5.74) is 0.975. The third kappa shape index (κ3) is 4.74. The van der Waals surface area contributed by atoms with Crippen LogP contribution in [0.3, 0.4) is 0 Å². The van der Waals surface area contributed by atoms with Gasteiger partial charge in [-0.1, -0.05) is 29.8 Å². The van der Waals surface area contributed by atoms with E-state index >= 15 is 0 Å². The Hall–Kier alpha value is -1.98. The minimum atomic E-state index is -1.10. The molecule has 2 unspecified atom stereocenters. The van der Waals surface area contributed by atoms with E-state index in [1.807, 2.05) is 0 Å². The Morgan fingerprint density at radius 2 is 1.96 bits per heavy atom. The third-order valence-corrected chi connectivity index (χ3v) is 3.72. The Bertz CT molecular complexity index is 709. The van der Waals surface area contributed by atoms with Crippen LogP contribution in [0, 0.1) is 11.6 Å². The largest absolute Gasteiger partial charge is 0.388 e. The standard InChI is InChI=1S/C17H16ClF2NO2/c1-10(11-5-6-15(20)14(18)8-11)21-17(23)9-16(22)12-3-2-4-13(19)7-12/h2-8,10,16,22H,9H2,1H3,(H,21,23). The monoisotopic (exact) mass is 339 g/mol. The predicted octanol–water partition coefficient (Wildman–Crippen LogP) is 3.92. The second-order valence-corrected chi connectivity index (χ2v) is 5.64. The molecule has 1 amide bonds. The molecule has 23 heavy (non-hydrogen) atoms. The van der Waals surface area contributed by atoms with Gasteiger partial charge in [0.15, 0.2) is 0 Å². The molecule has 122 valence electrons. The Morgan fingerprint density at radius 1 is 1.22 bits per heavy atom. The van der Waals surface area contributed by atoms with E-state index in [-0.39, 0.29) is 11.4 Å². The lowest BCUT2D eigenvalue weighted by molar-refractivity contribution is -0.123. The van der Waals surface area contributed by atoms with E-state index in [0.29, 0.717) is 11.1 Å². The summed E-state index contributed by atoms with van der Waals surface area (Å²) in [5, 5.41) is 12.6. The summed E-state index contributed by atoms with van der Waals surface area (Å²) in [6.45, 7) is 1.72. The van der Waals surface area contributed by atoms with Crippen LogP contribution in [0.1, 0.15) is 36.6 Å². The van der Waals surface area contributed by atoms with Crippen molar-refractivity contribution in [2.45, 2.75) is 25.5 Å². The highest BCUT2D eigenvalue weighted by molar-refractivity contribution is 6.30. The van der Waals surface area contributed by atoms with Gasteiger partial charge in [-0.2, -0.15) is 0 Å². The molecule has 0 spiro atoms. The van der Waals surface area contributed by atoms with Crippen molar-refractivity contribution >= 4 is 17.5 Å². The number of halogens is 3. The molecule has 0 fully saturated rings. The number of aliphatic hydroxyl groups is 1. The van der Waals surface area contributed by atoms with Crippen molar-refractivity contribution in [1.82, 2.24) is 5.32 Å². The molecule has 2 aromatic rings. The van der Waals surface area contributed by atoms with E-state index in [1.54, 1.807) is 13.0 Å². The Labute approximate surface area is 137 Å². The average molecular weight is 340 g/mol. The average Bonchev–Trinajstić information content (AvgIpc) is 2.49. The molecular formula is C17H16ClF2NO2. The summed E-state index contributed by atoms with van der Waals surface area (Å²) in [4.78, 5) is 12.0. The molecule has 0 saturated heterocycles. The Morgan fingerprint density at radius 3 is 2.61 bits per heavy atom. The molecule has 2 N–H and O–H groups in total. The minimum absolute atomic E-state index is 0.0246. The number of nitrogens with one attached hydrogen (secondary N) is 1. The minimum Gasteiger partial charge on any atom is -0.388 e. The first kappa shape index (κ1) is 17.4. The van der Waals surface area contributed by atoms with E-state index in [2.05, 4.69) is 5.32 Å². The van der Waals surface area contributed by atoms with Gasteiger partial charge in [0.25, 0.3) is 0 Å². The third-order valence-electron chi connectivity index (χ3n) is 3.43. The van der Waals surface area contributed by atoms with E-state index in [9.17, 15) is 18.7 Å². The van der Waals surface area contributed by atoms with Gasteiger partial charge in [-0.3, -0.25) is 4.79 Å². The van der Waals surface area contributed by atoms with Crippen molar-refractivity contribution < 1.29 is 18.7 Å². The fourth-order valence-electron chi connectivity index (χ4n) is 2.17. The van der Waals surface area contributed by atoms with Gasteiger partial charge in [-0.05, 0) is 42.3 Å². The molecule has 2 atom stereocenters. The lowest BCUT2D eigenvalue weighted by Crippen LogP contribution is -2.28. The quantitative estimate of drug-likeness (QED) is 0.867. The van der Waals surface area contributed by atoms with Gasteiger partial charge in [0, 0.05) is 0 Å². The van der Waals surface area contributed by atoms with Crippen LogP contribution in [0.5, 0.6) is 0 Å². The zero-order valence-corrected chi connectivity index (χ0v) is 13.1. The smallest absolute Gasteiger partial charge is 0.223 e. The lowest BCUT2D eigenvalue weighted by atomic mass is 10.0. The molecule has 0 aliphatic heterocycles. The van der Waals surface area contributed by atoms with Gasteiger partial charge in [0.1, 0.15) is 11.6 Å². The first-order valence-electron chi connectivity index (χ1n) is 7.04. The molecule has 6 heteroatoms. The van der Waals surface area contributed by atoms with Gasteiger partial charge in [0.2, 0.25) is 5.91 Å². The normalized spacial score (nSPS) is 13.4. The second kappa shape index (κ2) is 7.53. The first-order valence-corrected chi connectivity index (χ1v) is 7.42. The summed E-state index contributed by atoms with van der Waals surface area (Å²) < 4.78 is 26.2. The fraction of sp³-hybridized carbons (Fsp3) is 0.235. The van der Waals surface area contributed by atoms with Crippen molar-refractivity contribution in [3.8, 4) is 0 Å². The molecule has 0 bridgehead atoms. The van der Waals surface area contributed by atoms with E-state index in [0.717, 1.165) is 0 Å². The zero-order chi connectivity index (χ0) is 17.0. The van der Waals surface area contributed by atoms with E-state index < -0.39 is 29.7 Å². The molecule has 0 aromatic heterocycles. The maximum Gasteiger partial charge on any atom is 0.223 e. The van der Waals surface area contributed by atoms with Crippen molar-refractivity contribution in [3.63, 3.8) is 0 Å². The van der Waals surface area contributed by atoms with Crippen LogP contribution in [-0.2, 0) is 4.79 Å². The molecule has 0 radical (unpaired) electrons. The number of hydrogen-bond acceptors (Lipinski definition) is 2. The van der Waals surface area contributed by atoms with Gasteiger partial charge in [-0.15, -0.1) is 0 Å². The molecular weight excluding hydrogens is 324 g/mol. The number of carbonyl (C=O) groups excluding carboxylic acids is 1. The summed E-state index contributed by atoms with van der Waals surface area (Å²) in [7, 11) is 0. The van der Waals surface area contributed by atoms with Crippen LogP contribution >= 0.6 is 11.6 Å². The molecule has 0 aliphatic carbocycles. The highest BCUT2D eigenvalue weighted by Gasteiger charge is 2.16. The summed E-state index contributed by atoms with van der Waals surface area (Å²) in [5.74, 6) is -1.42. The Balaban J connectivity index is 1.97. The SMILES string of the molecule is CC(NC(=O)CC(O)c1cccc(F)c1)c1ccc(F)c(Cl)c1. The second-order valence-electron chi connectivity index (χ2n) is 5.24. The van der Waals surface area contributed by atoms with Gasteiger partial charge >= 0.3 is 0 Å². The van der Waals surface area contributed by atoms with Crippen LogP contribution in [0.2, 0.25) is 5.02 Å². The van der Waals surface area contributed by atoms with E-state index in [4.69, 9.17) is 11.6 Å². The summed E-state index contributed by atoms with van der Waals surface area (Å²) >= 11 is 5.71. The van der Waals surface area contributed by atoms with E-state index in [1.165, 1.54) is 36.4 Å². The maximum atomic E-state index is 13.1. The zero-order valence-electron chi connectivity index (χ0n) is 12.4. The fourth-order valence-corrected chi connectivity index (χ4v) is 2.36. The highest BCUT2D eigenvalue weighted by Crippen LogP contribution is 2.22. The number of rotatable bonds is 5. The predicted molar refractivity (Wildman–Crippen MR) is 83.9 cm³/mol. The van der Waals surface area contributed by atoms with Crippen LogP contribution in [0.15, 0.2) is 42.5 Å². The Kier molecular flexibility index (Phi) is 5.69. The van der Waals surface area contributed by atoms with Crippen molar-refractivity contribution in [2.75, 3.05) is 0 Å². The highest BCUT2D eigenvalue weighted by atomic mass is 35.5. The molecule has 0 aliphatic rings. The number of hydrogen-bond donors (Lipinski definition) is 2. The number of amides is 1. The molecule has 2 rings (SSSR count). The summed E-state index contributed by atoms with van der Waals surface area (Å²) in [6.07, 6.45) is -1.31. The van der Waals surface area contributed by atoms with Crippen molar-refractivity contribution in [3.05, 3.63) is 70.2 Å². The van der Waals surface area contributed by atoms with Crippen LogP contribution in [0.25, 0.3) is 0 Å². The summed E-state index contributed by atoms with van der Waals surface area (Å²) in [6, 6.07) is 9.24. The molecule has 2 aromatic carbocycles. The van der Waals surface area contributed by atoms with Gasteiger partial charge < -0.3 is 10.4 Å². The van der Waals surface area contributed by atoms with Crippen LogP contribution < -0.4 is 5.32 Å². The molecule has 0 saturated carbocycles. The first-order chi connectivity index (χ1) is 10.9. The number of carbonyl (C=O) groups is 1. The topological polar surface area (TPSA) is 49.3 Å². The van der Waals surface area contributed by atoms with Crippen LogP contribution in [-0.4, -0.2) is 11.0 Å². The van der Waals surface area contributed by atoms with Gasteiger partial charge in [-0.25, -0.2) is 8.78 Å². The van der Waals surface area contributed by atoms with Crippen molar-refractivity contribution in [2.24, 2.45) is 0 Å². The number of benzene rings is 2. The molecule has 0 heterocycles. The maximum absolute atomic E-state index is 13.1. The number of aliphatic hydroxyl groups excluding tert-OH is 1.